The van der Waals surface area contributed by atoms with E-state index in [1.54, 1.807) is 24.3 Å². The average Bonchev–Trinajstić information content (AvgIpc) is 3.01. The van der Waals surface area contributed by atoms with E-state index in [1.165, 1.54) is 12.1 Å². The Balaban J connectivity index is 1.48. The molecule has 1 unspecified atom stereocenters. The Morgan fingerprint density at radius 2 is 1.79 bits per heavy atom. The SMILES string of the molecule is O=C1NCCCCC1Oc1ccc(Oc2ccc3nnc(C(F)(F)F)n3n2)cc1. The maximum absolute atomic E-state index is 13.0. The molecule has 8 nitrogen and oxygen atoms in total. The van der Waals surface area contributed by atoms with Crippen LogP contribution in [-0.4, -0.2) is 38.4 Å². The Hall–Kier alpha value is -3.37. The fraction of sp³-hybridized carbons (Fsp3) is 0.333. The molecule has 0 aliphatic carbocycles. The molecule has 1 saturated heterocycles. The van der Waals surface area contributed by atoms with Crippen molar-refractivity contribution in [3.8, 4) is 17.4 Å². The minimum atomic E-state index is -4.69. The van der Waals surface area contributed by atoms with Crippen LogP contribution in [0, 0.1) is 0 Å². The first-order chi connectivity index (χ1) is 13.9. The van der Waals surface area contributed by atoms with Crippen molar-refractivity contribution < 1.29 is 27.4 Å². The molecule has 1 N–H and O–H groups in total. The number of benzene rings is 1. The van der Waals surface area contributed by atoms with E-state index in [4.69, 9.17) is 9.47 Å². The van der Waals surface area contributed by atoms with Crippen LogP contribution in [0.1, 0.15) is 25.1 Å². The standard InChI is InChI=1S/C18H16F3N5O3/c19-18(20,21)17-24-23-14-8-9-15(25-26(14)17)29-12-6-4-11(5-7-12)28-13-3-1-2-10-22-16(13)27/h4-9,13H,1-3,10H2,(H,22,27). The molecule has 0 spiro atoms. The third kappa shape index (κ3) is 4.23. The lowest BCUT2D eigenvalue weighted by atomic mass is 10.2. The molecule has 4 rings (SSSR count). The van der Waals surface area contributed by atoms with Crippen LogP contribution in [0.5, 0.6) is 17.4 Å². The first kappa shape index (κ1) is 19.0. The van der Waals surface area contributed by atoms with Gasteiger partial charge < -0.3 is 14.8 Å². The van der Waals surface area contributed by atoms with Gasteiger partial charge >= 0.3 is 6.18 Å². The maximum Gasteiger partial charge on any atom is 0.453 e. The lowest BCUT2D eigenvalue weighted by Crippen LogP contribution is -2.36. The van der Waals surface area contributed by atoms with Crippen LogP contribution < -0.4 is 14.8 Å². The van der Waals surface area contributed by atoms with Gasteiger partial charge in [-0.2, -0.15) is 17.7 Å². The molecule has 1 aromatic carbocycles. The molecule has 3 aromatic rings. The number of alkyl halides is 3. The van der Waals surface area contributed by atoms with Crippen LogP contribution in [0.3, 0.4) is 0 Å². The Bertz CT molecular complexity index is 1020. The highest BCUT2D eigenvalue weighted by Crippen LogP contribution is 2.29. The number of hydrogen-bond acceptors (Lipinski definition) is 6. The van der Waals surface area contributed by atoms with Crippen LogP contribution in [0.2, 0.25) is 0 Å². The monoisotopic (exact) mass is 407 g/mol. The highest BCUT2D eigenvalue weighted by atomic mass is 19.4. The molecule has 2 aromatic heterocycles. The van der Waals surface area contributed by atoms with Gasteiger partial charge in [-0.1, -0.05) is 0 Å². The van der Waals surface area contributed by atoms with Crippen molar-refractivity contribution in [2.45, 2.75) is 31.5 Å². The molecule has 152 valence electrons. The quantitative estimate of drug-likeness (QED) is 0.715. The van der Waals surface area contributed by atoms with Crippen LogP contribution in [0.4, 0.5) is 13.2 Å². The summed E-state index contributed by atoms with van der Waals surface area (Å²) in [5, 5.41) is 13.1. The molecule has 0 saturated carbocycles. The summed E-state index contributed by atoms with van der Waals surface area (Å²) in [5.41, 5.74) is -0.0462. The van der Waals surface area contributed by atoms with E-state index in [9.17, 15) is 18.0 Å². The topological polar surface area (TPSA) is 90.6 Å². The fourth-order valence-corrected chi connectivity index (χ4v) is 2.90. The molecule has 0 bridgehead atoms. The molecule has 1 aliphatic rings. The number of nitrogens with zero attached hydrogens (tertiary/aromatic N) is 4. The molecule has 1 amide bonds. The van der Waals surface area contributed by atoms with Crippen molar-refractivity contribution in [3.05, 3.63) is 42.2 Å². The summed E-state index contributed by atoms with van der Waals surface area (Å²) in [6, 6.07) is 9.11. The number of carbonyl (C=O) groups excluding carboxylic acids is 1. The second kappa shape index (κ2) is 7.57. The lowest BCUT2D eigenvalue weighted by Gasteiger charge is -2.16. The summed E-state index contributed by atoms with van der Waals surface area (Å²) in [7, 11) is 0. The lowest BCUT2D eigenvalue weighted by molar-refractivity contribution is -0.146. The second-order valence-corrected chi connectivity index (χ2v) is 6.43. The Kier molecular flexibility index (Phi) is 4.95. The molecule has 1 atom stereocenters. The van der Waals surface area contributed by atoms with Gasteiger partial charge in [0.1, 0.15) is 11.5 Å². The third-order valence-corrected chi connectivity index (χ3v) is 4.30. The number of fused-ring (bicyclic) bond motifs is 1. The minimum Gasteiger partial charge on any atom is -0.481 e. The van der Waals surface area contributed by atoms with E-state index in [0.29, 0.717) is 29.0 Å². The molecule has 3 heterocycles. The van der Waals surface area contributed by atoms with Crippen LogP contribution >= 0.6 is 0 Å². The maximum atomic E-state index is 13.0. The van der Waals surface area contributed by atoms with Crippen molar-refractivity contribution in [1.29, 1.82) is 0 Å². The summed E-state index contributed by atoms with van der Waals surface area (Å²) in [6.07, 6.45) is -2.80. The Labute approximate surface area is 162 Å². The minimum absolute atomic E-state index is 0.0462. The largest absolute Gasteiger partial charge is 0.481 e. The summed E-state index contributed by atoms with van der Waals surface area (Å²) < 4.78 is 50.7. The average molecular weight is 407 g/mol. The van der Waals surface area contributed by atoms with Crippen molar-refractivity contribution in [2.75, 3.05) is 6.54 Å². The van der Waals surface area contributed by atoms with Gasteiger partial charge in [-0.25, -0.2) is 0 Å². The van der Waals surface area contributed by atoms with Crippen molar-refractivity contribution in [1.82, 2.24) is 25.1 Å². The second-order valence-electron chi connectivity index (χ2n) is 6.43. The van der Waals surface area contributed by atoms with Crippen LogP contribution in [0.15, 0.2) is 36.4 Å². The van der Waals surface area contributed by atoms with Crippen LogP contribution in [-0.2, 0) is 11.0 Å². The highest BCUT2D eigenvalue weighted by molar-refractivity contribution is 5.81. The first-order valence-corrected chi connectivity index (χ1v) is 8.92. The van der Waals surface area contributed by atoms with Gasteiger partial charge in [0, 0.05) is 12.6 Å². The van der Waals surface area contributed by atoms with Gasteiger partial charge in [-0.15, -0.1) is 15.3 Å². The summed E-state index contributed by atoms with van der Waals surface area (Å²) in [5.74, 6) is -0.602. The molecule has 1 fully saturated rings. The zero-order valence-electron chi connectivity index (χ0n) is 15.0. The zero-order chi connectivity index (χ0) is 20.4. The number of ether oxygens (including phenoxy) is 2. The van der Waals surface area contributed by atoms with E-state index >= 15 is 0 Å². The zero-order valence-corrected chi connectivity index (χ0v) is 15.0. The Morgan fingerprint density at radius 1 is 1.03 bits per heavy atom. The van der Waals surface area contributed by atoms with E-state index in [-0.39, 0.29) is 17.4 Å². The molecular formula is C18H16F3N5O3. The molecule has 0 radical (unpaired) electrons. The molecule has 1 aliphatic heterocycles. The summed E-state index contributed by atoms with van der Waals surface area (Å²) in [4.78, 5) is 11.9. The van der Waals surface area contributed by atoms with E-state index in [1.807, 2.05) is 0 Å². The number of nitrogens with one attached hydrogen (secondary N) is 1. The van der Waals surface area contributed by atoms with Crippen molar-refractivity contribution >= 4 is 11.6 Å². The number of aromatic nitrogens is 4. The van der Waals surface area contributed by atoms with Crippen molar-refractivity contribution in [2.24, 2.45) is 0 Å². The third-order valence-electron chi connectivity index (χ3n) is 4.30. The number of rotatable bonds is 4. The van der Waals surface area contributed by atoms with Crippen LogP contribution in [0.25, 0.3) is 5.65 Å². The fourth-order valence-electron chi connectivity index (χ4n) is 2.90. The molecule has 11 heteroatoms. The van der Waals surface area contributed by atoms with Crippen molar-refractivity contribution in [3.63, 3.8) is 0 Å². The van der Waals surface area contributed by atoms with Gasteiger partial charge in [0.25, 0.3) is 11.7 Å². The first-order valence-electron chi connectivity index (χ1n) is 8.92. The number of carbonyl (C=O) groups is 1. The summed E-state index contributed by atoms with van der Waals surface area (Å²) in [6.45, 7) is 0.644. The van der Waals surface area contributed by atoms with E-state index < -0.39 is 18.1 Å². The number of amides is 1. The number of halogens is 3. The van der Waals surface area contributed by atoms with Gasteiger partial charge in [0.2, 0.25) is 5.88 Å². The smallest absolute Gasteiger partial charge is 0.453 e. The molecular weight excluding hydrogens is 391 g/mol. The van der Waals surface area contributed by atoms with E-state index in [0.717, 1.165) is 12.8 Å². The normalized spacial score (nSPS) is 17.6. The van der Waals surface area contributed by atoms with Gasteiger partial charge in [-0.05, 0) is 49.6 Å². The molecule has 29 heavy (non-hydrogen) atoms. The predicted octanol–water partition coefficient (Wildman–Crippen LogP) is 2.98. The predicted molar refractivity (Wildman–Crippen MR) is 93.6 cm³/mol. The summed E-state index contributed by atoms with van der Waals surface area (Å²) >= 11 is 0. The highest BCUT2D eigenvalue weighted by Gasteiger charge is 2.37. The van der Waals surface area contributed by atoms with Gasteiger partial charge in [-0.3, -0.25) is 4.79 Å². The Morgan fingerprint density at radius 3 is 2.55 bits per heavy atom. The van der Waals surface area contributed by atoms with E-state index in [2.05, 4.69) is 20.6 Å². The number of hydrogen-bond donors (Lipinski definition) is 1. The van der Waals surface area contributed by atoms with Gasteiger partial charge in [0.05, 0.1) is 0 Å². The van der Waals surface area contributed by atoms with Gasteiger partial charge in [0.15, 0.2) is 11.8 Å².